The van der Waals surface area contributed by atoms with Crippen LogP contribution < -0.4 is 5.32 Å². The zero-order valence-electron chi connectivity index (χ0n) is 13.5. The first kappa shape index (κ1) is 17.4. The molecule has 0 spiro atoms. The standard InChI is InChI=1S/C15H15N5O3S2/c1-10-6-7-13(16-8-10)17-14(21)9-20(2)25(22,23)12-5-3-4-11-15(12)19-24-18-11/h3-8H,9H2,1-2H3,(H,16,17,21). The monoisotopic (exact) mass is 377 g/mol. The van der Waals surface area contributed by atoms with Crippen LogP contribution in [0.5, 0.6) is 0 Å². The number of aryl methyl sites for hydroxylation is 1. The van der Waals surface area contributed by atoms with Gasteiger partial charge in [0, 0.05) is 13.2 Å². The molecule has 0 unspecified atom stereocenters. The van der Waals surface area contributed by atoms with E-state index in [1.807, 2.05) is 6.92 Å². The van der Waals surface area contributed by atoms with Crippen LogP contribution in [0.2, 0.25) is 0 Å². The number of hydrogen-bond donors (Lipinski definition) is 1. The molecule has 8 nitrogen and oxygen atoms in total. The smallest absolute Gasteiger partial charge is 0.245 e. The van der Waals surface area contributed by atoms with E-state index in [0.29, 0.717) is 16.9 Å². The first-order valence-corrected chi connectivity index (χ1v) is 9.45. The highest BCUT2D eigenvalue weighted by Crippen LogP contribution is 2.23. The fraction of sp³-hybridized carbons (Fsp3) is 0.200. The van der Waals surface area contributed by atoms with Crippen molar-refractivity contribution in [3.8, 4) is 0 Å². The largest absolute Gasteiger partial charge is 0.310 e. The number of anilines is 1. The fourth-order valence-corrected chi connectivity index (χ4v) is 4.04. The molecule has 1 amide bonds. The minimum Gasteiger partial charge on any atom is -0.310 e. The Bertz CT molecular complexity index is 1020. The number of hydrogen-bond acceptors (Lipinski definition) is 7. The number of carbonyl (C=O) groups is 1. The van der Waals surface area contributed by atoms with Crippen molar-refractivity contribution in [1.82, 2.24) is 18.0 Å². The van der Waals surface area contributed by atoms with Gasteiger partial charge in [-0.05, 0) is 30.7 Å². The highest BCUT2D eigenvalue weighted by atomic mass is 32.2. The van der Waals surface area contributed by atoms with E-state index in [4.69, 9.17) is 0 Å². The Balaban J connectivity index is 1.77. The summed E-state index contributed by atoms with van der Waals surface area (Å²) in [5.41, 5.74) is 1.77. The lowest BCUT2D eigenvalue weighted by Gasteiger charge is -2.16. The first-order valence-electron chi connectivity index (χ1n) is 7.28. The minimum atomic E-state index is -3.87. The van der Waals surface area contributed by atoms with Crippen molar-refractivity contribution in [3.05, 3.63) is 42.1 Å². The van der Waals surface area contributed by atoms with Gasteiger partial charge in [-0.3, -0.25) is 4.79 Å². The molecule has 0 atom stereocenters. The van der Waals surface area contributed by atoms with Crippen LogP contribution in [0.15, 0.2) is 41.4 Å². The first-order chi connectivity index (χ1) is 11.9. The van der Waals surface area contributed by atoms with Gasteiger partial charge in [-0.25, -0.2) is 13.4 Å². The molecule has 2 aromatic heterocycles. The Morgan fingerprint density at radius 3 is 2.76 bits per heavy atom. The van der Waals surface area contributed by atoms with E-state index in [1.54, 1.807) is 30.5 Å². The summed E-state index contributed by atoms with van der Waals surface area (Å²) >= 11 is 0.941. The van der Waals surface area contributed by atoms with Crippen LogP contribution in [-0.2, 0) is 14.8 Å². The van der Waals surface area contributed by atoms with E-state index in [-0.39, 0.29) is 11.4 Å². The molecule has 10 heteroatoms. The molecule has 0 aliphatic carbocycles. The van der Waals surface area contributed by atoms with Crippen molar-refractivity contribution in [2.75, 3.05) is 18.9 Å². The van der Waals surface area contributed by atoms with Gasteiger partial charge in [-0.1, -0.05) is 12.1 Å². The number of nitrogens with one attached hydrogen (secondary N) is 1. The van der Waals surface area contributed by atoms with Gasteiger partial charge in [0.25, 0.3) is 0 Å². The summed E-state index contributed by atoms with van der Waals surface area (Å²) in [4.78, 5) is 16.2. The van der Waals surface area contributed by atoms with Crippen molar-refractivity contribution in [3.63, 3.8) is 0 Å². The highest BCUT2D eigenvalue weighted by Gasteiger charge is 2.26. The lowest BCUT2D eigenvalue weighted by Crippen LogP contribution is -2.35. The summed E-state index contributed by atoms with van der Waals surface area (Å²) in [5.74, 6) is -0.113. The topological polar surface area (TPSA) is 105 Å². The number of sulfonamides is 1. The zero-order chi connectivity index (χ0) is 18.0. The number of pyridine rings is 1. The number of rotatable bonds is 5. The average molecular weight is 377 g/mol. The molecular formula is C15H15N5O3S2. The van der Waals surface area contributed by atoms with Gasteiger partial charge in [0.05, 0.1) is 18.3 Å². The van der Waals surface area contributed by atoms with Gasteiger partial charge in [0.1, 0.15) is 21.7 Å². The summed E-state index contributed by atoms with van der Waals surface area (Å²) in [5, 5.41) is 2.57. The highest BCUT2D eigenvalue weighted by molar-refractivity contribution is 7.89. The molecule has 0 aliphatic heterocycles. The molecule has 3 rings (SSSR count). The molecule has 0 aliphatic rings. The predicted octanol–water partition coefficient (Wildman–Crippen LogP) is 1.65. The third-order valence-electron chi connectivity index (χ3n) is 3.48. The van der Waals surface area contributed by atoms with Gasteiger partial charge in [-0.15, -0.1) is 0 Å². The number of benzene rings is 1. The Morgan fingerprint density at radius 1 is 1.24 bits per heavy atom. The summed E-state index contributed by atoms with van der Waals surface area (Å²) in [6.07, 6.45) is 1.62. The Hall–Kier alpha value is -2.43. The fourth-order valence-electron chi connectivity index (χ4n) is 2.17. The van der Waals surface area contributed by atoms with E-state index in [2.05, 4.69) is 19.0 Å². The zero-order valence-corrected chi connectivity index (χ0v) is 15.1. The summed E-state index contributed by atoms with van der Waals surface area (Å²) in [6, 6.07) is 8.20. The van der Waals surface area contributed by atoms with Gasteiger partial charge in [0.15, 0.2) is 0 Å². The summed E-state index contributed by atoms with van der Waals surface area (Å²) < 4.78 is 34.5. The number of likely N-dealkylation sites (N-methyl/N-ethyl adjacent to an activating group) is 1. The van der Waals surface area contributed by atoms with Crippen molar-refractivity contribution in [2.45, 2.75) is 11.8 Å². The number of nitrogens with zero attached hydrogens (tertiary/aromatic N) is 4. The van der Waals surface area contributed by atoms with Crippen molar-refractivity contribution in [2.24, 2.45) is 0 Å². The van der Waals surface area contributed by atoms with Crippen LogP contribution in [0, 0.1) is 6.92 Å². The molecule has 0 saturated heterocycles. The molecule has 1 aromatic carbocycles. The van der Waals surface area contributed by atoms with Crippen LogP contribution in [0.25, 0.3) is 11.0 Å². The second kappa shape index (κ2) is 6.82. The van der Waals surface area contributed by atoms with Crippen LogP contribution in [0.3, 0.4) is 0 Å². The second-order valence-electron chi connectivity index (χ2n) is 5.42. The van der Waals surface area contributed by atoms with E-state index < -0.39 is 15.9 Å². The van der Waals surface area contributed by atoms with E-state index in [9.17, 15) is 13.2 Å². The van der Waals surface area contributed by atoms with Crippen molar-refractivity contribution < 1.29 is 13.2 Å². The number of aromatic nitrogens is 3. The Kier molecular flexibility index (Phi) is 4.75. The van der Waals surface area contributed by atoms with E-state index in [0.717, 1.165) is 21.6 Å². The number of fused-ring (bicyclic) bond motifs is 1. The van der Waals surface area contributed by atoms with Crippen LogP contribution in [-0.4, -0.2) is 46.0 Å². The van der Waals surface area contributed by atoms with E-state index >= 15 is 0 Å². The molecule has 2 heterocycles. The van der Waals surface area contributed by atoms with Gasteiger partial charge >= 0.3 is 0 Å². The van der Waals surface area contributed by atoms with Crippen LogP contribution >= 0.6 is 11.7 Å². The molecule has 0 radical (unpaired) electrons. The molecule has 1 N–H and O–H groups in total. The molecule has 130 valence electrons. The molecule has 25 heavy (non-hydrogen) atoms. The Labute approximate surface area is 148 Å². The van der Waals surface area contributed by atoms with Crippen LogP contribution in [0.4, 0.5) is 5.82 Å². The molecule has 0 bridgehead atoms. The third kappa shape index (κ3) is 3.65. The lowest BCUT2D eigenvalue weighted by atomic mass is 10.3. The minimum absolute atomic E-state index is 0.0301. The quantitative estimate of drug-likeness (QED) is 0.725. The van der Waals surface area contributed by atoms with Gasteiger partial charge < -0.3 is 5.32 Å². The maximum Gasteiger partial charge on any atom is 0.245 e. The maximum absolute atomic E-state index is 12.7. The van der Waals surface area contributed by atoms with Gasteiger partial charge in [0.2, 0.25) is 15.9 Å². The average Bonchev–Trinajstić information content (AvgIpc) is 3.05. The molecule has 0 fully saturated rings. The van der Waals surface area contributed by atoms with Crippen LogP contribution in [0.1, 0.15) is 5.56 Å². The molecule has 0 saturated carbocycles. The second-order valence-corrected chi connectivity index (χ2v) is 7.96. The van der Waals surface area contributed by atoms with Crippen molar-refractivity contribution >= 4 is 44.5 Å². The third-order valence-corrected chi connectivity index (χ3v) is 5.86. The SMILES string of the molecule is Cc1ccc(NC(=O)CN(C)S(=O)(=O)c2cccc3nsnc23)nc1. The van der Waals surface area contributed by atoms with E-state index in [1.165, 1.54) is 13.1 Å². The molecular weight excluding hydrogens is 362 g/mol. The predicted molar refractivity (Wildman–Crippen MR) is 94.8 cm³/mol. The normalized spacial score (nSPS) is 11.8. The van der Waals surface area contributed by atoms with Crippen molar-refractivity contribution in [1.29, 1.82) is 0 Å². The summed E-state index contributed by atoms with van der Waals surface area (Å²) in [6.45, 7) is 1.54. The summed E-state index contributed by atoms with van der Waals surface area (Å²) in [7, 11) is -2.53. The molecule has 3 aromatic rings. The number of carbonyl (C=O) groups excluding carboxylic acids is 1. The van der Waals surface area contributed by atoms with Gasteiger partial charge in [-0.2, -0.15) is 13.1 Å². The Morgan fingerprint density at radius 2 is 2.04 bits per heavy atom. The maximum atomic E-state index is 12.7. The lowest BCUT2D eigenvalue weighted by molar-refractivity contribution is -0.116. The number of amides is 1.